The van der Waals surface area contributed by atoms with Crippen LogP contribution in [0.3, 0.4) is 0 Å². The van der Waals surface area contributed by atoms with Crippen LogP contribution in [-0.2, 0) is 47.6 Å². The van der Waals surface area contributed by atoms with Crippen molar-refractivity contribution in [1.82, 2.24) is 0 Å². The number of carbonyl (C=O) groups excluding carboxylic acids is 4. The molecule has 0 aliphatic carbocycles. The van der Waals surface area contributed by atoms with Crippen LogP contribution in [0.2, 0.25) is 0 Å². The van der Waals surface area contributed by atoms with Gasteiger partial charge in [0, 0.05) is 27.4 Å². The van der Waals surface area contributed by atoms with Gasteiger partial charge in [0.1, 0.15) is 0 Å². The van der Waals surface area contributed by atoms with Gasteiger partial charge in [-0.05, 0) is 6.92 Å². The predicted molar refractivity (Wildman–Crippen MR) is 79.0 cm³/mol. The number of esters is 4. The van der Waals surface area contributed by atoms with Gasteiger partial charge in [-0.2, -0.15) is 0 Å². The van der Waals surface area contributed by atoms with Gasteiger partial charge < -0.3 is 28.4 Å². The average molecular weight is 362 g/mol. The molecule has 0 spiro atoms. The van der Waals surface area contributed by atoms with E-state index in [9.17, 15) is 19.2 Å². The van der Waals surface area contributed by atoms with Crippen LogP contribution in [0.15, 0.2) is 0 Å². The van der Waals surface area contributed by atoms with Gasteiger partial charge >= 0.3 is 23.9 Å². The molecular weight excluding hydrogens is 340 g/mol. The molecule has 0 amide bonds. The summed E-state index contributed by atoms with van der Waals surface area (Å²) in [5.74, 6) is -3.06. The van der Waals surface area contributed by atoms with Crippen molar-refractivity contribution in [3.8, 4) is 0 Å². The van der Waals surface area contributed by atoms with Crippen molar-refractivity contribution in [2.45, 2.75) is 58.4 Å². The predicted octanol–water partition coefficient (Wildman–Crippen LogP) is -0.284. The summed E-state index contributed by atoms with van der Waals surface area (Å²) >= 11 is 0. The zero-order chi connectivity index (χ0) is 19.1. The molecule has 142 valence electrons. The summed E-state index contributed by atoms with van der Waals surface area (Å²) in [4.78, 5) is 46.4. The van der Waals surface area contributed by atoms with Crippen LogP contribution in [0.4, 0.5) is 0 Å². The number of rotatable bonds is 6. The van der Waals surface area contributed by atoms with Gasteiger partial charge in [-0.15, -0.1) is 0 Å². The average Bonchev–Trinajstić information content (AvgIpc) is 2.50. The van der Waals surface area contributed by atoms with Crippen molar-refractivity contribution in [2.24, 2.45) is 0 Å². The third kappa shape index (κ3) is 5.68. The van der Waals surface area contributed by atoms with Crippen LogP contribution in [0.25, 0.3) is 0 Å². The Labute approximate surface area is 144 Å². The second-order valence-corrected chi connectivity index (χ2v) is 5.13. The van der Waals surface area contributed by atoms with E-state index in [1.807, 2.05) is 0 Å². The van der Waals surface area contributed by atoms with Gasteiger partial charge in [-0.25, -0.2) is 4.79 Å². The molecule has 3 unspecified atom stereocenters. The summed E-state index contributed by atoms with van der Waals surface area (Å²) in [6.45, 7) is 5.17. The Bertz CT molecular complexity index is 516. The number of ether oxygens (including phenoxy) is 6. The Morgan fingerprint density at radius 2 is 1.32 bits per heavy atom. The fraction of sp³-hybridized carbons (Fsp3) is 0.733. The smallest absolute Gasteiger partial charge is 0.339 e. The molecule has 1 aliphatic heterocycles. The Balaban J connectivity index is 3.31. The maximum absolute atomic E-state index is 12.0. The first-order chi connectivity index (χ1) is 11.7. The lowest BCUT2D eigenvalue weighted by atomic mass is 9.97. The largest absolute Gasteiger partial charge is 0.467 e. The summed E-state index contributed by atoms with van der Waals surface area (Å²) in [7, 11) is 1.12. The van der Waals surface area contributed by atoms with Crippen molar-refractivity contribution in [1.29, 1.82) is 0 Å². The van der Waals surface area contributed by atoms with Crippen LogP contribution >= 0.6 is 0 Å². The molecule has 10 heteroatoms. The Morgan fingerprint density at radius 1 is 0.840 bits per heavy atom. The second kappa shape index (κ2) is 9.33. The minimum absolute atomic E-state index is 0.154. The van der Waals surface area contributed by atoms with Gasteiger partial charge in [0.25, 0.3) is 0 Å². The van der Waals surface area contributed by atoms with Crippen molar-refractivity contribution < 1.29 is 47.6 Å². The minimum atomic E-state index is -1.43. The normalized spacial score (nSPS) is 28.6. The summed E-state index contributed by atoms with van der Waals surface area (Å²) in [5.41, 5.74) is 0. The molecule has 5 atom stereocenters. The van der Waals surface area contributed by atoms with Crippen LogP contribution in [0.5, 0.6) is 0 Å². The van der Waals surface area contributed by atoms with Crippen LogP contribution in [-0.4, -0.2) is 68.3 Å². The zero-order valence-corrected chi connectivity index (χ0v) is 14.7. The second-order valence-electron chi connectivity index (χ2n) is 5.13. The van der Waals surface area contributed by atoms with E-state index in [2.05, 4.69) is 4.74 Å². The first-order valence-electron chi connectivity index (χ1n) is 7.57. The van der Waals surface area contributed by atoms with Gasteiger partial charge in [0.2, 0.25) is 0 Å². The molecule has 0 aromatic carbocycles. The lowest BCUT2D eigenvalue weighted by Gasteiger charge is -2.43. The minimum Gasteiger partial charge on any atom is -0.467 e. The molecule has 0 aromatic rings. The fourth-order valence-corrected chi connectivity index (χ4v) is 2.38. The van der Waals surface area contributed by atoms with Gasteiger partial charge in [-0.1, -0.05) is 0 Å². The molecule has 0 N–H and O–H groups in total. The number of hydrogen-bond donors (Lipinski definition) is 0. The number of methoxy groups -OCH3 is 1. The Kier molecular flexibility index (Phi) is 7.78. The van der Waals surface area contributed by atoms with E-state index in [4.69, 9.17) is 23.7 Å². The highest BCUT2D eigenvalue weighted by Gasteiger charge is 2.55. The van der Waals surface area contributed by atoms with E-state index in [1.165, 1.54) is 0 Å². The standard InChI is InChI=1S/C15H22O10/c1-6-21-15-13(24-9(4)18)11(23-8(3)17)10(22-7(2)16)12(25-15)14(19)20-5/h10-13,15H,6H2,1-5H3/t10-,11?,12?,13?,15+/m0/s1. The molecule has 1 rings (SSSR count). The molecular formula is C15H22O10. The molecule has 1 heterocycles. The van der Waals surface area contributed by atoms with E-state index < -0.39 is 54.6 Å². The zero-order valence-electron chi connectivity index (χ0n) is 14.7. The van der Waals surface area contributed by atoms with Crippen LogP contribution in [0.1, 0.15) is 27.7 Å². The third-order valence-corrected chi connectivity index (χ3v) is 3.17. The first kappa shape index (κ1) is 20.8. The summed E-state index contributed by atoms with van der Waals surface area (Å²) in [6, 6.07) is 0. The highest BCUT2D eigenvalue weighted by Crippen LogP contribution is 2.30. The van der Waals surface area contributed by atoms with Crippen molar-refractivity contribution >= 4 is 23.9 Å². The molecule has 0 radical (unpaired) electrons. The van der Waals surface area contributed by atoms with Gasteiger partial charge in [-0.3, -0.25) is 14.4 Å². The van der Waals surface area contributed by atoms with E-state index >= 15 is 0 Å². The molecule has 0 bridgehead atoms. The highest BCUT2D eigenvalue weighted by atomic mass is 16.7. The van der Waals surface area contributed by atoms with E-state index in [0.717, 1.165) is 27.9 Å². The van der Waals surface area contributed by atoms with Crippen molar-refractivity contribution in [2.75, 3.05) is 13.7 Å². The van der Waals surface area contributed by atoms with E-state index in [1.54, 1.807) is 6.92 Å². The Morgan fingerprint density at radius 3 is 1.76 bits per heavy atom. The number of carbonyl (C=O) groups is 4. The van der Waals surface area contributed by atoms with Crippen LogP contribution in [0, 0.1) is 0 Å². The molecule has 0 aromatic heterocycles. The van der Waals surface area contributed by atoms with Gasteiger partial charge in [0.05, 0.1) is 7.11 Å². The topological polar surface area (TPSA) is 124 Å². The molecule has 1 fully saturated rings. The third-order valence-electron chi connectivity index (χ3n) is 3.17. The molecule has 1 aliphatic rings. The highest BCUT2D eigenvalue weighted by molar-refractivity contribution is 5.77. The lowest BCUT2D eigenvalue weighted by molar-refractivity contribution is -0.300. The molecule has 10 nitrogen and oxygen atoms in total. The van der Waals surface area contributed by atoms with E-state index in [-0.39, 0.29) is 6.61 Å². The summed E-state index contributed by atoms with van der Waals surface area (Å²) in [5, 5.41) is 0. The van der Waals surface area contributed by atoms with Gasteiger partial charge in [0.15, 0.2) is 30.7 Å². The summed E-state index contributed by atoms with van der Waals surface area (Å²) < 4.78 is 30.8. The fourth-order valence-electron chi connectivity index (χ4n) is 2.38. The number of hydrogen-bond acceptors (Lipinski definition) is 10. The molecule has 0 saturated carbocycles. The monoisotopic (exact) mass is 362 g/mol. The van der Waals surface area contributed by atoms with Crippen LogP contribution < -0.4 is 0 Å². The van der Waals surface area contributed by atoms with Crippen molar-refractivity contribution in [3.05, 3.63) is 0 Å². The van der Waals surface area contributed by atoms with Crippen molar-refractivity contribution in [3.63, 3.8) is 0 Å². The quantitative estimate of drug-likeness (QED) is 0.460. The SMILES string of the molecule is CCO[C@@H]1OC(C(=O)OC)[C@@H](OC(C)=O)C(OC(C)=O)C1OC(C)=O. The van der Waals surface area contributed by atoms with E-state index in [0.29, 0.717) is 0 Å². The Hall–Kier alpha value is -2.20. The maximum atomic E-state index is 12.0. The lowest BCUT2D eigenvalue weighted by Crippen LogP contribution is -2.63. The maximum Gasteiger partial charge on any atom is 0.339 e. The summed E-state index contributed by atoms with van der Waals surface area (Å²) in [6.07, 6.45) is -6.60. The molecule has 25 heavy (non-hydrogen) atoms. The first-order valence-corrected chi connectivity index (χ1v) is 7.57. The molecule has 1 saturated heterocycles.